The zero-order valence-electron chi connectivity index (χ0n) is 16.9. The van der Waals surface area contributed by atoms with Crippen LogP contribution in [0.25, 0.3) is 0 Å². The maximum atomic E-state index is 13.7. The largest absolute Gasteiger partial charge is 0.485 e. The lowest BCUT2D eigenvalue weighted by atomic mass is 10.2. The van der Waals surface area contributed by atoms with Gasteiger partial charge in [0.15, 0.2) is 24.8 Å². The van der Waals surface area contributed by atoms with Crippen LogP contribution in [-0.4, -0.2) is 34.2 Å². The second-order valence-electron chi connectivity index (χ2n) is 7.38. The third-order valence-corrected chi connectivity index (χ3v) is 5.02. The van der Waals surface area contributed by atoms with Gasteiger partial charge in [-0.15, -0.1) is 0 Å². The van der Waals surface area contributed by atoms with E-state index in [9.17, 15) is 9.18 Å². The zero-order chi connectivity index (χ0) is 22.0. The quantitative estimate of drug-likeness (QED) is 0.530. The Morgan fingerprint density at radius 1 is 1.29 bits per heavy atom. The van der Waals surface area contributed by atoms with Crippen molar-refractivity contribution in [2.75, 3.05) is 13.2 Å². The summed E-state index contributed by atoms with van der Waals surface area (Å²) in [6.45, 7) is 4.14. The molecule has 0 spiro atoms. The van der Waals surface area contributed by atoms with E-state index in [-0.39, 0.29) is 24.0 Å². The summed E-state index contributed by atoms with van der Waals surface area (Å²) in [6, 6.07) is 11.6. The Bertz CT molecular complexity index is 1090. The van der Waals surface area contributed by atoms with Gasteiger partial charge in [0.25, 0.3) is 5.91 Å². The first kappa shape index (κ1) is 21.1. The van der Waals surface area contributed by atoms with Crippen LogP contribution in [-0.2, 0) is 16.9 Å². The molecule has 162 valence electrons. The van der Waals surface area contributed by atoms with Crippen LogP contribution in [0.4, 0.5) is 4.39 Å². The molecule has 1 saturated heterocycles. The van der Waals surface area contributed by atoms with E-state index in [1.807, 2.05) is 38.1 Å². The Labute approximate surface area is 182 Å². The van der Waals surface area contributed by atoms with Crippen LogP contribution in [0.2, 0.25) is 5.02 Å². The van der Waals surface area contributed by atoms with E-state index in [2.05, 4.69) is 15.6 Å². The molecule has 2 atom stereocenters. The van der Waals surface area contributed by atoms with Crippen LogP contribution in [0, 0.1) is 12.7 Å². The lowest BCUT2D eigenvalue weighted by Gasteiger charge is -2.11. The van der Waals surface area contributed by atoms with E-state index in [4.69, 9.17) is 25.6 Å². The van der Waals surface area contributed by atoms with Gasteiger partial charge in [0.2, 0.25) is 11.7 Å². The van der Waals surface area contributed by atoms with E-state index < -0.39 is 17.3 Å². The SMILES string of the molecule is Cc1ccc(OCc2noc(C3(C)CN3NC(=O)COc3ccc(Cl)cc3F)n2)cc1. The molecule has 0 bridgehead atoms. The van der Waals surface area contributed by atoms with Gasteiger partial charge in [-0.2, -0.15) is 4.98 Å². The van der Waals surface area contributed by atoms with Gasteiger partial charge in [0, 0.05) is 11.6 Å². The topological polar surface area (TPSA) is 89.5 Å². The second-order valence-corrected chi connectivity index (χ2v) is 7.81. The van der Waals surface area contributed by atoms with Gasteiger partial charge >= 0.3 is 0 Å². The van der Waals surface area contributed by atoms with Gasteiger partial charge in [0.05, 0.1) is 0 Å². The molecule has 2 unspecified atom stereocenters. The number of carbonyl (C=O) groups is 1. The molecular weight excluding hydrogens is 427 g/mol. The monoisotopic (exact) mass is 446 g/mol. The van der Waals surface area contributed by atoms with Gasteiger partial charge < -0.3 is 14.0 Å². The summed E-state index contributed by atoms with van der Waals surface area (Å²) in [7, 11) is 0. The number of halogens is 2. The van der Waals surface area contributed by atoms with E-state index in [0.717, 1.165) is 11.6 Å². The number of aryl methyl sites for hydroxylation is 1. The van der Waals surface area contributed by atoms with Gasteiger partial charge in [-0.25, -0.2) is 9.40 Å². The van der Waals surface area contributed by atoms with Crippen molar-refractivity contribution in [3.63, 3.8) is 0 Å². The number of aromatic nitrogens is 2. The van der Waals surface area contributed by atoms with Crippen molar-refractivity contribution in [3.8, 4) is 11.5 Å². The highest BCUT2D eigenvalue weighted by atomic mass is 35.5. The van der Waals surface area contributed by atoms with Crippen molar-refractivity contribution in [3.05, 3.63) is 70.6 Å². The number of nitrogens with zero attached hydrogens (tertiary/aromatic N) is 3. The standard InChI is InChI=1S/C21H20ClFN4O4/c1-13-3-6-15(7-4-13)29-10-18-24-20(31-26-18)21(2)12-27(21)25-19(28)11-30-17-8-5-14(22)9-16(17)23/h3-9H,10-12H2,1-2H3,(H,25,28). The minimum Gasteiger partial charge on any atom is -0.485 e. The average Bonchev–Trinajstić information content (AvgIpc) is 3.15. The fourth-order valence-electron chi connectivity index (χ4n) is 2.85. The molecule has 1 aliphatic heterocycles. The molecule has 31 heavy (non-hydrogen) atoms. The molecule has 8 nitrogen and oxygen atoms in total. The molecule has 1 aliphatic rings. The first-order chi connectivity index (χ1) is 14.8. The van der Waals surface area contributed by atoms with Crippen molar-refractivity contribution in [2.45, 2.75) is 26.0 Å². The molecule has 1 N–H and O–H groups in total. The highest BCUT2D eigenvalue weighted by Crippen LogP contribution is 2.39. The first-order valence-corrected chi connectivity index (χ1v) is 9.89. The summed E-state index contributed by atoms with van der Waals surface area (Å²) in [5, 5.41) is 5.82. The van der Waals surface area contributed by atoms with Crippen LogP contribution in [0.1, 0.15) is 24.2 Å². The first-order valence-electron chi connectivity index (χ1n) is 9.51. The summed E-state index contributed by atoms with van der Waals surface area (Å²) < 4.78 is 29.9. The Kier molecular flexibility index (Phi) is 5.79. The summed E-state index contributed by atoms with van der Waals surface area (Å²) in [4.78, 5) is 16.5. The predicted molar refractivity (Wildman–Crippen MR) is 109 cm³/mol. The number of nitrogens with one attached hydrogen (secondary N) is 1. The maximum absolute atomic E-state index is 13.7. The minimum absolute atomic E-state index is 0.0526. The fraction of sp³-hybridized carbons (Fsp3) is 0.286. The van der Waals surface area contributed by atoms with Gasteiger partial charge in [-0.1, -0.05) is 34.5 Å². The number of hydrogen-bond donors (Lipinski definition) is 1. The molecule has 2 heterocycles. The van der Waals surface area contributed by atoms with Crippen molar-refractivity contribution in [1.82, 2.24) is 20.6 Å². The lowest BCUT2D eigenvalue weighted by Crippen LogP contribution is -2.36. The van der Waals surface area contributed by atoms with Crippen molar-refractivity contribution >= 4 is 17.5 Å². The number of benzene rings is 2. The molecule has 1 fully saturated rings. The molecule has 10 heteroatoms. The van der Waals surface area contributed by atoms with Crippen molar-refractivity contribution < 1.29 is 23.2 Å². The number of amides is 1. The third kappa shape index (κ3) is 4.95. The van der Waals surface area contributed by atoms with Crippen LogP contribution in [0.5, 0.6) is 11.5 Å². The van der Waals surface area contributed by atoms with Gasteiger partial charge in [-0.3, -0.25) is 10.2 Å². The number of hydrogen-bond acceptors (Lipinski definition) is 7. The Balaban J connectivity index is 1.27. The predicted octanol–water partition coefficient (Wildman–Crippen LogP) is 3.39. The minimum atomic E-state index is -0.636. The molecule has 0 saturated carbocycles. The normalized spacial score (nSPS) is 19.7. The Morgan fingerprint density at radius 3 is 2.81 bits per heavy atom. The number of hydrazine groups is 1. The summed E-state index contributed by atoms with van der Waals surface area (Å²) in [5.74, 6) is 0.337. The highest BCUT2D eigenvalue weighted by molar-refractivity contribution is 6.30. The van der Waals surface area contributed by atoms with E-state index in [1.54, 1.807) is 5.01 Å². The Hall–Kier alpha value is -3.17. The number of ether oxygens (including phenoxy) is 2. The van der Waals surface area contributed by atoms with Gasteiger partial charge in [0.1, 0.15) is 11.3 Å². The van der Waals surface area contributed by atoms with Crippen molar-refractivity contribution in [1.29, 1.82) is 0 Å². The fourth-order valence-corrected chi connectivity index (χ4v) is 3.01. The van der Waals surface area contributed by atoms with Crippen LogP contribution < -0.4 is 14.9 Å². The second kappa shape index (κ2) is 8.52. The van der Waals surface area contributed by atoms with E-state index in [1.165, 1.54) is 12.1 Å². The summed E-state index contributed by atoms with van der Waals surface area (Å²) in [6.07, 6.45) is 0. The van der Waals surface area contributed by atoms with Crippen molar-refractivity contribution in [2.24, 2.45) is 0 Å². The smallest absolute Gasteiger partial charge is 0.272 e. The molecule has 3 aromatic rings. The summed E-state index contributed by atoms with van der Waals surface area (Å²) in [5.41, 5.74) is 3.19. The molecule has 0 aliphatic carbocycles. The third-order valence-electron chi connectivity index (χ3n) is 4.79. The number of carbonyl (C=O) groups excluding carboxylic acids is 1. The van der Waals surface area contributed by atoms with E-state index >= 15 is 0 Å². The maximum Gasteiger partial charge on any atom is 0.272 e. The molecule has 0 radical (unpaired) electrons. The number of rotatable bonds is 8. The average molecular weight is 447 g/mol. The lowest BCUT2D eigenvalue weighted by molar-refractivity contribution is -0.126. The molecule has 4 rings (SSSR count). The molecule has 1 amide bonds. The highest BCUT2D eigenvalue weighted by Gasteiger charge is 2.55. The van der Waals surface area contributed by atoms with Crippen LogP contribution in [0.3, 0.4) is 0 Å². The van der Waals surface area contributed by atoms with Crippen LogP contribution in [0.15, 0.2) is 47.0 Å². The van der Waals surface area contributed by atoms with E-state index in [0.29, 0.717) is 24.0 Å². The summed E-state index contributed by atoms with van der Waals surface area (Å²) >= 11 is 5.70. The zero-order valence-corrected chi connectivity index (χ0v) is 17.6. The molecule has 1 aromatic heterocycles. The molecule has 2 aromatic carbocycles. The van der Waals surface area contributed by atoms with Gasteiger partial charge in [-0.05, 0) is 44.2 Å². The Morgan fingerprint density at radius 2 is 2.06 bits per heavy atom. The molecular formula is C21H20ClFN4O4. The van der Waals surface area contributed by atoms with Crippen LogP contribution >= 0.6 is 11.6 Å².